The maximum atomic E-state index is 5.69. The first-order valence-corrected chi connectivity index (χ1v) is 5.39. The van der Waals surface area contributed by atoms with E-state index in [9.17, 15) is 0 Å². The molecule has 5 nitrogen and oxygen atoms in total. The van der Waals surface area contributed by atoms with Crippen LogP contribution in [0.25, 0.3) is 11.1 Å². The monoisotopic (exact) mass is 219 g/mol. The lowest BCUT2D eigenvalue weighted by Gasteiger charge is -2.23. The van der Waals surface area contributed by atoms with Crippen molar-refractivity contribution < 1.29 is 9.25 Å². The van der Waals surface area contributed by atoms with E-state index in [1.54, 1.807) is 17.2 Å². The average molecular weight is 219 g/mol. The lowest BCUT2D eigenvalue weighted by Crippen LogP contribution is -2.29. The van der Waals surface area contributed by atoms with Crippen molar-refractivity contribution in [1.29, 1.82) is 0 Å². The second-order valence-corrected chi connectivity index (χ2v) is 3.87. The maximum absolute atomic E-state index is 5.69. The third-order valence-corrected chi connectivity index (χ3v) is 2.62. The van der Waals surface area contributed by atoms with Gasteiger partial charge >= 0.3 is 6.01 Å². The summed E-state index contributed by atoms with van der Waals surface area (Å²) in [4.78, 5) is 9.82. The molecule has 16 heavy (non-hydrogen) atoms. The van der Waals surface area contributed by atoms with E-state index in [-0.39, 0.29) is 0 Å². The standard InChI is InChI=1S/C11H13N3O2/c12-8-3-4-10-9(7-8)13-11(16-10)14-5-1-2-6-15-14/h3-4,7H,1-2,5-6,12H2. The molecule has 1 aromatic heterocycles. The van der Waals surface area contributed by atoms with Crippen molar-refractivity contribution in [3.05, 3.63) is 18.2 Å². The zero-order valence-electron chi connectivity index (χ0n) is 8.85. The van der Waals surface area contributed by atoms with Gasteiger partial charge in [-0.2, -0.15) is 4.98 Å². The van der Waals surface area contributed by atoms with Crippen molar-refractivity contribution in [2.45, 2.75) is 12.8 Å². The second kappa shape index (κ2) is 3.68. The van der Waals surface area contributed by atoms with Crippen LogP contribution in [-0.2, 0) is 4.84 Å². The molecule has 5 heteroatoms. The van der Waals surface area contributed by atoms with Crippen LogP contribution in [0.5, 0.6) is 0 Å². The fraction of sp³-hybridized carbons (Fsp3) is 0.364. The molecule has 0 unspecified atom stereocenters. The number of hydrogen-bond acceptors (Lipinski definition) is 5. The lowest BCUT2D eigenvalue weighted by atomic mass is 10.3. The molecule has 0 spiro atoms. The summed E-state index contributed by atoms with van der Waals surface area (Å²) in [5.74, 6) is 0. The molecule has 3 rings (SSSR count). The van der Waals surface area contributed by atoms with E-state index in [0.717, 1.165) is 37.1 Å². The number of rotatable bonds is 1. The summed E-state index contributed by atoms with van der Waals surface area (Å²) in [6.45, 7) is 1.54. The molecule has 0 amide bonds. The van der Waals surface area contributed by atoms with E-state index >= 15 is 0 Å². The Hall–Kier alpha value is -1.75. The highest BCUT2D eigenvalue weighted by atomic mass is 16.7. The highest BCUT2D eigenvalue weighted by Gasteiger charge is 2.17. The Morgan fingerprint density at radius 3 is 3.06 bits per heavy atom. The summed E-state index contributed by atoms with van der Waals surface area (Å²) in [6, 6.07) is 5.94. The third-order valence-electron chi connectivity index (χ3n) is 2.62. The predicted octanol–water partition coefficient (Wildman–Crippen LogP) is 1.94. The number of anilines is 2. The Morgan fingerprint density at radius 2 is 2.25 bits per heavy atom. The molecule has 0 saturated carbocycles. The number of nitrogens with two attached hydrogens (primary N) is 1. The molecule has 1 aliphatic heterocycles. The van der Waals surface area contributed by atoms with E-state index in [0.29, 0.717) is 11.7 Å². The Bertz CT molecular complexity index is 503. The summed E-state index contributed by atoms with van der Waals surface area (Å²) in [5.41, 5.74) is 7.87. The summed E-state index contributed by atoms with van der Waals surface area (Å²) >= 11 is 0. The van der Waals surface area contributed by atoms with Gasteiger partial charge in [0.15, 0.2) is 5.58 Å². The van der Waals surface area contributed by atoms with Crippen LogP contribution >= 0.6 is 0 Å². The molecule has 2 N–H and O–H groups in total. The van der Waals surface area contributed by atoms with Crippen LogP contribution in [0.4, 0.5) is 11.7 Å². The van der Waals surface area contributed by atoms with Gasteiger partial charge in [0, 0.05) is 5.69 Å². The largest absolute Gasteiger partial charge is 0.422 e. The number of benzene rings is 1. The van der Waals surface area contributed by atoms with E-state index < -0.39 is 0 Å². The van der Waals surface area contributed by atoms with Gasteiger partial charge < -0.3 is 10.2 Å². The molecule has 0 radical (unpaired) electrons. The average Bonchev–Trinajstić information content (AvgIpc) is 2.73. The minimum Gasteiger partial charge on any atom is -0.422 e. The van der Waals surface area contributed by atoms with Gasteiger partial charge in [-0.15, -0.1) is 0 Å². The first-order chi connectivity index (χ1) is 7.83. The van der Waals surface area contributed by atoms with Crippen molar-refractivity contribution >= 4 is 22.8 Å². The van der Waals surface area contributed by atoms with Crippen LogP contribution in [0.3, 0.4) is 0 Å². The van der Waals surface area contributed by atoms with Crippen molar-refractivity contribution in [2.75, 3.05) is 23.9 Å². The number of oxazole rings is 1. The summed E-state index contributed by atoms with van der Waals surface area (Å²) in [5, 5.41) is 1.71. The number of aromatic nitrogens is 1. The Balaban J connectivity index is 1.97. The van der Waals surface area contributed by atoms with Crippen LogP contribution in [0.1, 0.15) is 12.8 Å². The molecule has 1 aliphatic rings. The first-order valence-electron chi connectivity index (χ1n) is 5.39. The fourth-order valence-electron chi connectivity index (χ4n) is 1.79. The molecule has 1 fully saturated rings. The molecular formula is C11H13N3O2. The van der Waals surface area contributed by atoms with E-state index in [1.807, 2.05) is 6.07 Å². The minimum absolute atomic E-state index is 0.514. The maximum Gasteiger partial charge on any atom is 0.323 e. The Labute approximate surface area is 92.7 Å². The Morgan fingerprint density at radius 1 is 1.31 bits per heavy atom. The van der Waals surface area contributed by atoms with Crippen molar-refractivity contribution in [2.24, 2.45) is 0 Å². The van der Waals surface area contributed by atoms with Gasteiger partial charge in [0.1, 0.15) is 5.52 Å². The highest BCUT2D eigenvalue weighted by molar-refractivity contribution is 5.78. The van der Waals surface area contributed by atoms with Gasteiger partial charge in [0.05, 0.1) is 13.2 Å². The number of fused-ring (bicyclic) bond motifs is 1. The van der Waals surface area contributed by atoms with Crippen LogP contribution in [0.15, 0.2) is 22.6 Å². The van der Waals surface area contributed by atoms with Gasteiger partial charge in [-0.1, -0.05) is 0 Å². The normalized spacial score (nSPS) is 16.9. The second-order valence-electron chi connectivity index (χ2n) is 3.87. The van der Waals surface area contributed by atoms with Crippen molar-refractivity contribution in [1.82, 2.24) is 4.98 Å². The van der Waals surface area contributed by atoms with Crippen molar-refractivity contribution in [3.8, 4) is 0 Å². The molecule has 0 aliphatic carbocycles. The molecule has 0 atom stereocenters. The van der Waals surface area contributed by atoms with Gasteiger partial charge in [-0.25, -0.2) is 5.06 Å². The van der Waals surface area contributed by atoms with Gasteiger partial charge in [-0.3, -0.25) is 4.84 Å². The van der Waals surface area contributed by atoms with E-state index in [1.165, 1.54) is 0 Å². The molecule has 1 saturated heterocycles. The van der Waals surface area contributed by atoms with Gasteiger partial charge in [0.2, 0.25) is 0 Å². The number of hydroxylamine groups is 1. The fourth-order valence-corrected chi connectivity index (χ4v) is 1.79. The van der Waals surface area contributed by atoms with Crippen molar-refractivity contribution in [3.63, 3.8) is 0 Å². The zero-order valence-corrected chi connectivity index (χ0v) is 8.85. The predicted molar refractivity (Wildman–Crippen MR) is 61.0 cm³/mol. The summed E-state index contributed by atoms with van der Waals surface area (Å²) in [6.07, 6.45) is 2.19. The van der Waals surface area contributed by atoms with E-state index in [4.69, 9.17) is 15.0 Å². The third kappa shape index (κ3) is 1.59. The number of hydrogen-bond donors (Lipinski definition) is 1. The number of nitrogen functional groups attached to an aromatic ring is 1. The molecule has 0 bridgehead atoms. The molecular weight excluding hydrogens is 206 g/mol. The molecule has 2 aromatic rings. The van der Waals surface area contributed by atoms with Crippen LogP contribution < -0.4 is 10.8 Å². The molecule has 2 heterocycles. The van der Waals surface area contributed by atoms with Gasteiger partial charge in [-0.05, 0) is 31.0 Å². The Kier molecular flexibility index (Phi) is 2.18. The minimum atomic E-state index is 0.514. The topological polar surface area (TPSA) is 64.5 Å². The van der Waals surface area contributed by atoms with Crippen LogP contribution in [-0.4, -0.2) is 18.1 Å². The summed E-state index contributed by atoms with van der Waals surface area (Å²) < 4.78 is 5.60. The SMILES string of the molecule is Nc1ccc2oc(N3CCCCO3)nc2c1. The van der Waals surface area contributed by atoms with Crippen LogP contribution in [0.2, 0.25) is 0 Å². The van der Waals surface area contributed by atoms with E-state index in [2.05, 4.69) is 4.98 Å². The summed E-state index contributed by atoms with van der Waals surface area (Å²) in [7, 11) is 0. The first kappa shape index (κ1) is 9.47. The van der Waals surface area contributed by atoms with Gasteiger partial charge in [0.25, 0.3) is 0 Å². The zero-order chi connectivity index (χ0) is 11.0. The molecule has 84 valence electrons. The highest BCUT2D eigenvalue weighted by Crippen LogP contribution is 2.25. The van der Waals surface area contributed by atoms with Crippen LogP contribution in [0, 0.1) is 0 Å². The quantitative estimate of drug-likeness (QED) is 0.742. The molecule has 1 aromatic carbocycles. The smallest absolute Gasteiger partial charge is 0.323 e. The number of nitrogens with zero attached hydrogens (tertiary/aromatic N) is 2. The lowest BCUT2D eigenvalue weighted by molar-refractivity contribution is 0.0676.